The number of nitrogens with zero attached hydrogens (tertiary/aromatic N) is 1. The molecule has 3 nitrogen and oxygen atoms in total. The van der Waals surface area contributed by atoms with E-state index in [0.29, 0.717) is 12.1 Å². The van der Waals surface area contributed by atoms with Gasteiger partial charge in [0.05, 0.1) is 18.7 Å². The van der Waals surface area contributed by atoms with Gasteiger partial charge in [-0.3, -0.25) is 0 Å². The number of nitrogens with one attached hydrogen (secondary N) is 1. The van der Waals surface area contributed by atoms with Crippen molar-refractivity contribution in [3.8, 4) is 11.8 Å². The number of nitriles is 1. The lowest BCUT2D eigenvalue weighted by atomic mass is 10.2. The molecule has 0 radical (unpaired) electrons. The summed E-state index contributed by atoms with van der Waals surface area (Å²) in [6, 6.07) is 15.5. The molecule has 0 aliphatic carbocycles. The monoisotopic (exact) mass is 316 g/mol. The van der Waals surface area contributed by atoms with E-state index in [1.165, 1.54) is 0 Å². The van der Waals surface area contributed by atoms with E-state index >= 15 is 0 Å². The summed E-state index contributed by atoms with van der Waals surface area (Å²) >= 11 is 3.39. The van der Waals surface area contributed by atoms with Gasteiger partial charge in [0.25, 0.3) is 0 Å². The summed E-state index contributed by atoms with van der Waals surface area (Å²) in [4.78, 5) is 0. The third kappa shape index (κ3) is 3.49. The van der Waals surface area contributed by atoms with E-state index in [4.69, 9.17) is 10.00 Å². The molecule has 0 atom stereocenters. The summed E-state index contributed by atoms with van der Waals surface area (Å²) in [7, 11) is 1.66. The molecule has 0 saturated carbocycles. The lowest BCUT2D eigenvalue weighted by Gasteiger charge is -2.11. The molecule has 0 bridgehead atoms. The molecule has 19 heavy (non-hydrogen) atoms. The van der Waals surface area contributed by atoms with E-state index in [1.54, 1.807) is 13.2 Å². The zero-order chi connectivity index (χ0) is 13.7. The van der Waals surface area contributed by atoms with Crippen molar-refractivity contribution < 1.29 is 4.74 Å². The summed E-state index contributed by atoms with van der Waals surface area (Å²) in [5, 5.41) is 12.2. The number of hydrogen-bond acceptors (Lipinski definition) is 3. The molecule has 0 spiro atoms. The number of ether oxygens (including phenoxy) is 1. The van der Waals surface area contributed by atoms with Crippen LogP contribution in [0.5, 0.6) is 5.75 Å². The van der Waals surface area contributed by atoms with Crippen LogP contribution >= 0.6 is 15.9 Å². The lowest BCUT2D eigenvalue weighted by Crippen LogP contribution is -2.01. The van der Waals surface area contributed by atoms with Gasteiger partial charge in [-0.25, -0.2) is 0 Å². The number of hydrogen-bond donors (Lipinski definition) is 1. The smallest absolute Gasteiger partial charge is 0.123 e. The first kappa shape index (κ1) is 13.4. The molecule has 1 N–H and O–H groups in total. The van der Waals surface area contributed by atoms with Crippen LogP contribution in [0.4, 0.5) is 5.69 Å². The first-order valence-electron chi connectivity index (χ1n) is 5.79. The van der Waals surface area contributed by atoms with Gasteiger partial charge in [-0.1, -0.05) is 34.1 Å². The Morgan fingerprint density at radius 2 is 2.05 bits per heavy atom. The van der Waals surface area contributed by atoms with Crippen LogP contribution in [0, 0.1) is 11.3 Å². The van der Waals surface area contributed by atoms with Crippen LogP contribution in [0.3, 0.4) is 0 Å². The van der Waals surface area contributed by atoms with E-state index in [1.807, 2.05) is 36.4 Å². The number of benzene rings is 2. The predicted molar refractivity (Wildman–Crippen MR) is 79.2 cm³/mol. The normalized spacial score (nSPS) is 9.74. The minimum atomic E-state index is 0.622. The zero-order valence-corrected chi connectivity index (χ0v) is 12.1. The van der Waals surface area contributed by atoms with Crippen LogP contribution in [0.1, 0.15) is 11.1 Å². The molecule has 0 unspecified atom stereocenters. The Hall–Kier alpha value is -1.99. The predicted octanol–water partition coefficient (Wildman–Crippen LogP) is 3.94. The average Bonchev–Trinajstić information content (AvgIpc) is 2.44. The molecule has 0 saturated heterocycles. The molecule has 96 valence electrons. The van der Waals surface area contributed by atoms with Crippen LogP contribution in [-0.4, -0.2) is 7.11 Å². The van der Waals surface area contributed by atoms with Gasteiger partial charge >= 0.3 is 0 Å². The number of para-hydroxylation sites is 1. The number of halogens is 1. The fourth-order valence-electron chi connectivity index (χ4n) is 1.80. The Balaban J connectivity index is 2.15. The minimum absolute atomic E-state index is 0.622. The molecule has 0 fully saturated rings. The van der Waals surface area contributed by atoms with Crippen molar-refractivity contribution in [1.29, 1.82) is 5.26 Å². The van der Waals surface area contributed by atoms with Gasteiger partial charge in [-0.15, -0.1) is 0 Å². The van der Waals surface area contributed by atoms with Crippen LogP contribution < -0.4 is 10.1 Å². The number of anilines is 1. The fourth-order valence-corrected chi connectivity index (χ4v) is 2.30. The van der Waals surface area contributed by atoms with Crippen molar-refractivity contribution in [1.82, 2.24) is 0 Å². The van der Waals surface area contributed by atoms with Crippen LogP contribution in [0.15, 0.2) is 46.9 Å². The van der Waals surface area contributed by atoms with Gasteiger partial charge in [-0.2, -0.15) is 5.26 Å². The first-order chi connectivity index (χ1) is 9.22. The standard InChI is InChI=1S/C15H13BrN2O/c1-19-15-5-3-2-4-12(15)10-18-14-7-11(9-17)6-13(16)8-14/h2-8,18H,10H2,1H3. The number of rotatable bonds is 4. The Kier molecular flexibility index (Phi) is 4.43. The van der Waals surface area contributed by atoms with Gasteiger partial charge in [0, 0.05) is 22.3 Å². The van der Waals surface area contributed by atoms with Crippen molar-refractivity contribution in [3.63, 3.8) is 0 Å². The average molecular weight is 317 g/mol. The quantitative estimate of drug-likeness (QED) is 0.929. The molecule has 2 rings (SSSR count). The van der Waals surface area contributed by atoms with Crippen LogP contribution in [-0.2, 0) is 6.54 Å². The maximum absolute atomic E-state index is 8.94. The molecule has 2 aromatic rings. The van der Waals surface area contributed by atoms with E-state index in [-0.39, 0.29) is 0 Å². The Labute approximate surface area is 121 Å². The van der Waals surface area contributed by atoms with Gasteiger partial charge < -0.3 is 10.1 Å². The van der Waals surface area contributed by atoms with Gasteiger partial charge in [0.15, 0.2) is 0 Å². The van der Waals surface area contributed by atoms with E-state index < -0.39 is 0 Å². The molecule has 0 heterocycles. The minimum Gasteiger partial charge on any atom is -0.496 e. The topological polar surface area (TPSA) is 45.0 Å². The molecule has 2 aromatic carbocycles. The van der Waals surface area contributed by atoms with E-state index in [9.17, 15) is 0 Å². The molecule has 0 amide bonds. The number of methoxy groups -OCH3 is 1. The lowest BCUT2D eigenvalue weighted by molar-refractivity contribution is 0.410. The highest BCUT2D eigenvalue weighted by atomic mass is 79.9. The third-order valence-corrected chi connectivity index (χ3v) is 3.16. The van der Waals surface area contributed by atoms with Crippen molar-refractivity contribution in [2.24, 2.45) is 0 Å². The second-order valence-electron chi connectivity index (χ2n) is 4.01. The summed E-state index contributed by atoms with van der Waals surface area (Å²) in [5.41, 5.74) is 2.59. The zero-order valence-electron chi connectivity index (χ0n) is 10.5. The maximum atomic E-state index is 8.94. The summed E-state index contributed by atoms with van der Waals surface area (Å²) in [6.45, 7) is 0.644. The van der Waals surface area contributed by atoms with Crippen molar-refractivity contribution in [2.45, 2.75) is 6.54 Å². The van der Waals surface area contributed by atoms with Crippen LogP contribution in [0.25, 0.3) is 0 Å². The fraction of sp³-hybridized carbons (Fsp3) is 0.133. The molecule has 0 aliphatic heterocycles. The largest absolute Gasteiger partial charge is 0.496 e. The summed E-state index contributed by atoms with van der Waals surface area (Å²) in [5.74, 6) is 0.852. The maximum Gasteiger partial charge on any atom is 0.123 e. The van der Waals surface area contributed by atoms with Gasteiger partial charge in [-0.05, 0) is 24.3 Å². The van der Waals surface area contributed by atoms with Crippen LogP contribution in [0.2, 0.25) is 0 Å². The second kappa shape index (κ2) is 6.26. The molecule has 0 aromatic heterocycles. The summed E-state index contributed by atoms with van der Waals surface area (Å²) < 4.78 is 6.18. The van der Waals surface area contributed by atoms with E-state index in [0.717, 1.165) is 21.5 Å². The Morgan fingerprint density at radius 1 is 1.26 bits per heavy atom. The highest BCUT2D eigenvalue weighted by Crippen LogP contribution is 2.22. The highest BCUT2D eigenvalue weighted by Gasteiger charge is 2.03. The van der Waals surface area contributed by atoms with Crippen molar-refractivity contribution in [3.05, 3.63) is 58.1 Å². The second-order valence-corrected chi connectivity index (χ2v) is 4.92. The summed E-state index contributed by atoms with van der Waals surface area (Å²) in [6.07, 6.45) is 0. The molecule has 4 heteroatoms. The molecular weight excluding hydrogens is 304 g/mol. The van der Waals surface area contributed by atoms with E-state index in [2.05, 4.69) is 27.3 Å². The highest BCUT2D eigenvalue weighted by molar-refractivity contribution is 9.10. The molecule has 0 aliphatic rings. The van der Waals surface area contributed by atoms with Crippen molar-refractivity contribution >= 4 is 21.6 Å². The Bertz CT molecular complexity index is 620. The SMILES string of the molecule is COc1ccccc1CNc1cc(Br)cc(C#N)c1. The van der Waals surface area contributed by atoms with Gasteiger partial charge in [0.2, 0.25) is 0 Å². The first-order valence-corrected chi connectivity index (χ1v) is 6.58. The van der Waals surface area contributed by atoms with Crippen molar-refractivity contribution in [2.75, 3.05) is 12.4 Å². The third-order valence-electron chi connectivity index (χ3n) is 2.70. The molecular formula is C15H13BrN2O. The van der Waals surface area contributed by atoms with Gasteiger partial charge in [0.1, 0.15) is 5.75 Å². The Morgan fingerprint density at radius 3 is 2.79 bits per heavy atom.